The Morgan fingerprint density at radius 3 is 2.68 bits per heavy atom. The van der Waals surface area contributed by atoms with E-state index in [0.717, 1.165) is 22.7 Å². The van der Waals surface area contributed by atoms with Crippen LogP contribution in [-0.4, -0.2) is 17.1 Å². The number of phenolic OH excluding ortho intramolecular Hbond substituents is 1. The summed E-state index contributed by atoms with van der Waals surface area (Å²) in [7, 11) is 1.99. The minimum atomic E-state index is 0.271. The summed E-state index contributed by atoms with van der Waals surface area (Å²) in [6.07, 6.45) is 0. The van der Waals surface area contributed by atoms with E-state index < -0.39 is 0 Å². The average molecular weight is 277 g/mol. The van der Waals surface area contributed by atoms with E-state index in [0.29, 0.717) is 12.2 Å². The lowest BCUT2D eigenvalue weighted by Crippen LogP contribution is -2.17. The Kier molecular flexibility index (Phi) is 4.30. The molecule has 0 aromatic heterocycles. The summed E-state index contributed by atoms with van der Waals surface area (Å²) in [5.74, 6) is 0.271. The molecular formula is C15H17ClN2O. The summed E-state index contributed by atoms with van der Waals surface area (Å²) in [5.41, 5.74) is 8.35. The molecule has 0 amide bonds. The molecule has 0 aliphatic heterocycles. The molecule has 2 aromatic carbocycles. The second-order valence-corrected chi connectivity index (χ2v) is 5.13. The maximum absolute atomic E-state index is 9.79. The smallest absolute Gasteiger partial charge is 0.120 e. The zero-order chi connectivity index (χ0) is 13.8. The lowest BCUT2D eigenvalue weighted by molar-refractivity contribution is 0.312. The van der Waals surface area contributed by atoms with Crippen molar-refractivity contribution < 1.29 is 5.11 Å². The molecule has 0 saturated heterocycles. The maximum Gasteiger partial charge on any atom is 0.120 e. The molecule has 0 spiro atoms. The first-order valence-corrected chi connectivity index (χ1v) is 6.43. The second-order valence-electron chi connectivity index (χ2n) is 4.69. The van der Waals surface area contributed by atoms with Crippen LogP contribution in [0.2, 0.25) is 5.02 Å². The van der Waals surface area contributed by atoms with Crippen molar-refractivity contribution in [2.75, 3.05) is 12.8 Å². The van der Waals surface area contributed by atoms with Crippen molar-refractivity contribution in [2.45, 2.75) is 13.1 Å². The molecule has 100 valence electrons. The number of halogens is 1. The standard InChI is InChI=1S/C15H17ClN2O/c1-18(9-11-3-2-4-13(16)7-11)10-12-8-14(17)5-6-15(12)19/h2-8,19H,9-10,17H2,1H3. The number of phenols is 1. The van der Waals surface area contributed by atoms with Crippen LogP contribution in [-0.2, 0) is 13.1 Å². The van der Waals surface area contributed by atoms with E-state index >= 15 is 0 Å². The molecule has 0 saturated carbocycles. The number of rotatable bonds is 4. The fourth-order valence-electron chi connectivity index (χ4n) is 2.03. The van der Waals surface area contributed by atoms with E-state index in [1.165, 1.54) is 0 Å². The molecule has 4 heteroatoms. The van der Waals surface area contributed by atoms with Gasteiger partial charge in [0.15, 0.2) is 0 Å². The Balaban J connectivity index is 2.05. The topological polar surface area (TPSA) is 49.5 Å². The fourth-order valence-corrected chi connectivity index (χ4v) is 2.24. The molecule has 0 fully saturated rings. The lowest BCUT2D eigenvalue weighted by Gasteiger charge is -2.18. The van der Waals surface area contributed by atoms with Gasteiger partial charge >= 0.3 is 0 Å². The molecule has 0 atom stereocenters. The highest BCUT2D eigenvalue weighted by atomic mass is 35.5. The highest BCUT2D eigenvalue weighted by Gasteiger charge is 2.06. The van der Waals surface area contributed by atoms with Gasteiger partial charge < -0.3 is 10.8 Å². The number of nitrogens with two attached hydrogens (primary N) is 1. The number of hydrogen-bond donors (Lipinski definition) is 2. The number of hydrogen-bond acceptors (Lipinski definition) is 3. The molecule has 19 heavy (non-hydrogen) atoms. The molecular weight excluding hydrogens is 260 g/mol. The van der Waals surface area contributed by atoms with Gasteiger partial charge in [-0.3, -0.25) is 4.90 Å². The second kappa shape index (κ2) is 5.95. The Morgan fingerprint density at radius 2 is 1.95 bits per heavy atom. The highest BCUT2D eigenvalue weighted by molar-refractivity contribution is 6.30. The van der Waals surface area contributed by atoms with Crippen molar-refractivity contribution >= 4 is 17.3 Å². The summed E-state index contributed by atoms with van der Waals surface area (Å²) < 4.78 is 0. The molecule has 3 nitrogen and oxygen atoms in total. The maximum atomic E-state index is 9.79. The van der Waals surface area contributed by atoms with Gasteiger partial charge in [0.2, 0.25) is 0 Å². The van der Waals surface area contributed by atoms with Crippen molar-refractivity contribution in [2.24, 2.45) is 0 Å². The van der Waals surface area contributed by atoms with Gasteiger partial charge in [-0.05, 0) is 42.9 Å². The zero-order valence-corrected chi connectivity index (χ0v) is 11.6. The summed E-state index contributed by atoms with van der Waals surface area (Å²) in [5, 5.41) is 10.5. The van der Waals surface area contributed by atoms with E-state index in [9.17, 15) is 5.11 Å². The van der Waals surface area contributed by atoms with Gasteiger partial charge in [0, 0.05) is 29.4 Å². The van der Waals surface area contributed by atoms with Gasteiger partial charge in [-0.15, -0.1) is 0 Å². The number of anilines is 1. The van der Waals surface area contributed by atoms with Crippen molar-refractivity contribution in [3.05, 3.63) is 58.6 Å². The van der Waals surface area contributed by atoms with E-state index in [4.69, 9.17) is 17.3 Å². The third kappa shape index (κ3) is 3.88. The average Bonchev–Trinajstić information content (AvgIpc) is 2.34. The number of aromatic hydroxyl groups is 1. The largest absolute Gasteiger partial charge is 0.508 e. The molecule has 0 bridgehead atoms. The van der Waals surface area contributed by atoms with Crippen molar-refractivity contribution in [1.82, 2.24) is 4.90 Å². The summed E-state index contributed by atoms with van der Waals surface area (Å²) >= 11 is 5.96. The van der Waals surface area contributed by atoms with Gasteiger partial charge in [0.25, 0.3) is 0 Å². The Morgan fingerprint density at radius 1 is 1.16 bits per heavy atom. The highest BCUT2D eigenvalue weighted by Crippen LogP contribution is 2.22. The first-order chi connectivity index (χ1) is 9.04. The van der Waals surface area contributed by atoms with Crippen LogP contribution < -0.4 is 5.73 Å². The van der Waals surface area contributed by atoms with Crippen molar-refractivity contribution in [3.8, 4) is 5.75 Å². The first-order valence-electron chi connectivity index (χ1n) is 6.05. The van der Waals surface area contributed by atoms with Crippen LogP contribution in [0.25, 0.3) is 0 Å². The molecule has 0 unspecified atom stereocenters. The Hall–Kier alpha value is -1.71. The normalized spacial score (nSPS) is 10.9. The lowest BCUT2D eigenvalue weighted by atomic mass is 10.1. The van der Waals surface area contributed by atoms with Gasteiger partial charge in [-0.2, -0.15) is 0 Å². The predicted octanol–water partition coefficient (Wildman–Crippen LogP) is 3.26. The Bertz CT molecular complexity index is 572. The third-order valence-electron chi connectivity index (χ3n) is 2.89. The fraction of sp³-hybridized carbons (Fsp3) is 0.200. The number of nitrogens with zero attached hydrogens (tertiary/aromatic N) is 1. The first kappa shape index (κ1) is 13.7. The molecule has 0 radical (unpaired) electrons. The molecule has 2 rings (SSSR count). The van der Waals surface area contributed by atoms with Crippen LogP contribution in [0.1, 0.15) is 11.1 Å². The van der Waals surface area contributed by atoms with Gasteiger partial charge in [-0.25, -0.2) is 0 Å². The van der Waals surface area contributed by atoms with Crippen LogP contribution in [0.15, 0.2) is 42.5 Å². The van der Waals surface area contributed by atoms with E-state index in [1.54, 1.807) is 18.2 Å². The monoisotopic (exact) mass is 276 g/mol. The van der Waals surface area contributed by atoms with Crippen LogP contribution in [0, 0.1) is 0 Å². The quantitative estimate of drug-likeness (QED) is 0.666. The molecule has 2 aromatic rings. The van der Waals surface area contributed by atoms with Crippen molar-refractivity contribution in [3.63, 3.8) is 0 Å². The molecule has 0 heterocycles. The van der Waals surface area contributed by atoms with Gasteiger partial charge in [0.1, 0.15) is 5.75 Å². The van der Waals surface area contributed by atoms with E-state index in [2.05, 4.69) is 4.90 Å². The summed E-state index contributed by atoms with van der Waals surface area (Å²) in [6.45, 7) is 1.39. The number of nitrogen functional groups attached to an aromatic ring is 1. The van der Waals surface area contributed by atoms with Crippen molar-refractivity contribution in [1.29, 1.82) is 0 Å². The van der Waals surface area contributed by atoms with E-state index in [1.807, 2.05) is 31.3 Å². The summed E-state index contributed by atoms with van der Waals surface area (Å²) in [6, 6.07) is 12.9. The van der Waals surface area contributed by atoms with Crippen LogP contribution >= 0.6 is 11.6 Å². The Labute approximate surface area is 118 Å². The predicted molar refractivity (Wildman–Crippen MR) is 79.1 cm³/mol. The number of benzene rings is 2. The van der Waals surface area contributed by atoms with Gasteiger partial charge in [0.05, 0.1) is 0 Å². The molecule has 0 aliphatic rings. The minimum absolute atomic E-state index is 0.271. The summed E-state index contributed by atoms with van der Waals surface area (Å²) in [4.78, 5) is 2.10. The minimum Gasteiger partial charge on any atom is -0.508 e. The van der Waals surface area contributed by atoms with Gasteiger partial charge in [-0.1, -0.05) is 23.7 Å². The SMILES string of the molecule is CN(Cc1cccc(Cl)c1)Cc1cc(N)ccc1O. The van der Waals surface area contributed by atoms with E-state index in [-0.39, 0.29) is 5.75 Å². The molecule has 3 N–H and O–H groups in total. The zero-order valence-electron chi connectivity index (χ0n) is 10.8. The van der Waals surface area contributed by atoms with Crippen LogP contribution in [0.5, 0.6) is 5.75 Å². The van der Waals surface area contributed by atoms with Crippen LogP contribution in [0.4, 0.5) is 5.69 Å². The third-order valence-corrected chi connectivity index (χ3v) is 3.12. The van der Waals surface area contributed by atoms with Crippen LogP contribution in [0.3, 0.4) is 0 Å². The molecule has 0 aliphatic carbocycles.